The van der Waals surface area contributed by atoms with Crippen molar-refractivity contribution in [1.29, 1.82) is 0 Å². The molecule has 3 N–H and O–H groups in total. The number of carbonyl (C=O) groups is 1. The Hall–Kier alpha value is -0.810. The molecule has 0 radical (unpaired) electrons. The van der Waals surface area contributed by atoms with Crippen LogP contribution in [0.4, 0.5) is 4.79 Å². The Morgan fingerprint density at radius 3 is 2.21 bits per heavy atom. The number of halogens is 1. The standard InChI is InChI=1S/C19H41N5O3.HI/c1-10-26-15(11-12-24(8)9)13-21-16(20-7)22-14-19(5,6)23-17(25)27-18(2,3)4;/h15H,10-14H2,1-9H3,(H,23,25)(H2,20,21,22);1H. The van der Waals surface area contributed by atoms with Crippen molar-refractivity contribution in [3.63, 3.8) is 0 Å². The zero-order valence-electron chi connectivity index (χ0n) is 19.1. The number of amides is 1. The molecule has 0 aliphatic rings. The number of aliphatic imine (C=N–C) groups is 1. The van der Waals surface area contributed by atoms with Crippen LogP contribution in [-0.4, -0.2) is 81.6 Å². The number of nitrogens with zero attached hydrogens (tertiary/aromatic N) is 2. The third kappa shape index (κ3) is 16.2. The first-order valence-electron chi connectivity index (χ1n) is 9.60. The number of guanidine groups is 1. The molecule has 0 spiro atoms. The first-order valence-corrected chi connectivity index (χ1v) is 9.60. The second-order valence-electron chi connectivity index (χ2n) is 8.49. The van der Waals surface area contributed by atoms with Crippen LogP contribution in [0.3, 0.4) is 0 Å². The van der Waals surface area contributed by atoms with Crippen molar-refractivity contribution in [3.05, 3.63) is 0 Å². The van der Waals surface area contributed by atoms with E-state index in [1.165, 1.54) is 0 Å². The molecule has 0 saturated carbocycles. The molecule has 0 aromatic carbocycles. The Bertz CT molecular complexity index is 465. The van der Waals surface area contributed by atoms with Crippen LogP contribution in [0.5, 0.6) is 0 Å². The van der Waals surface area contributed by atoms with Crippen molar-refractivity contribution in [2.45, 2.75) is 65.2 Å². The molecular formula is C19H42IN5O3. The number of hydrogen-bond acceptors (Lipinski definition) is 5. The zero-order valence-corrected chi connectivity index (χ0v) is 21.5. The summed E-state index contributed by atoms with van der Waals surface area (Å²) in [5, 5.41) is 9.41. The van der Waals surface area contributed by atoms with Gasteiger partial charge in [0.1, 0.15) is 5.60 Å². The van der Waals surface area contributed by atoms with Crippen LogP contribution in [0.1, 0.15) is 48.0 Å². The van der Waals surface area contributed by atoms with E-state index in [0.29, 0.717) is 25.7 Å². The van der Waals surface area contributed by atoms with Gasteiger partial charge in [-0.05, 0) is 62.1 Å². The fraction of sp³-hybridized carbons (Fsp3) is 0.895. The number of rotatable bonds is 10. The highest BCUT2D eigenvalue weighted by molar-refractivity contribution is 14.0. The number of ether oxygens (including phenoxy) is 2. The van der Waals surface area contributed by atoms with Crippen LogP contribution in [0.15, 0.2) is 4.99 Å². The second-order valence-corrected chi connectivity index (χ2v) is 8.49. The van der Waals surface area contributed by atoms with E-state index in [1.54, 1.807) is 7.05 Å². The van der Waals surface area contributed by atoms with E-state index in [4.69, 9.17) is 9.47 Å². The fourth-order valence-corrected chi connectivity index (χ4v) is 2.24. The van der Waals surface area contributed by atoms with Crippen LogP contribution >= 0.6 is 24.0 Å². The van der Waals surface area contributed by atoms with E-state index in [0.717, 1.165) is 13.0 Å². The predicted molar refractivity (Wildman–Crippen MR) is 127 cm³/mol. The molecule has 0 heterocycles. The molecule has 0 saturated heterocycles. The van der Waals surface area contributed by atoms with Crippen molar-refractivity contribution in [2.24, 2.45) is 4.99 Å². The first-order chi connectivity index (χ1) is 12.4. The van der Waals surface area contributed by atoms with E-state index >= 15 is 0 Å². The molecule has 0 rings (SSSR count). The van der Waals surface area contributed by atoms with Gasteiger partial charge in [0.05, 0.1) is 11.6 Å². The van der Waals surface area contributed by atoms with Gasteiger partial charge in [0.2, 0.25) is 0 Å². The van der Waals surface area contributed by atoms with Crippen molar-refractivity contribution in [2.75, 3.05) is 47.4 Å². The van der Waals surface area contributed by atoms with Gasteiger partial charge in [-0.2, -0.15) is 0 Å². The number of nitrogens with one attached hydrogen (secondary N) is 3. The molecular weight excluding hydrogens is 473 g/mol. The minimum absolute atomic E-state index is 0. The van der Waals surface area contributed by atoms with Gasteiger partial charge >= 0.3 is 6.09 Å². The largest absolute Gasteiger partial charge is 0.444 e. The van der Waals surface area contributed by atoms with Crippen molar-refractivity contribution in [1.82, 2.24) is 20.9 Å². The Morgan fingerprint density at radius 1 is 1.14 bits per heavy atom. The van der Waals surface area contributed by atoms with Gasteiger partial charge < -0.3 is 30.3 Å². The van der Waals surface area contributed by atoms with Gasteiger partial charge in [-0.25, -0.2) is 4.79 Å². The van der Waals surface area contributed by atoms with Gasteiger partial charge in [0.15, 0.2) is 5.96 Å². The minimum atomic E-state index is -0.522. The third-order valence-corrected chi connectivity index (χ3v) is 3.56. The molecule has 1 atom stereocenters. The summed E-state index contributed by atoms with van der Waals surface area (Å²) < 4.78 is 11.1. The quantitative estimate of drug-likeness (QED) is 0.236. The molecule has 9 heteroatoms. The van der Waals surface area contributed by atoms with Gasteiger partial charge in [-0.3, -0.25) is 4.99 Å². The van der Waals surface area contributed by atoms with E-state index < -0.39 is 17.2 Å². The minimum Gasteiger partial charge on any atom is -0.444 e. The summed E-state index contributed by atoms with van der Waals surface area (Å²) >= 11 is 0. The topological polar surface area (TPSA) is 87.2 Å². The summed E-state index contributed by atoms with van der Waals surface area (Å²) in [6, 6.07) is 0. The summed E-state index contributed by atoms with van der Waals surface area (Å²) in [5.74, 6) is 0.670. The summed E-state index contributed by atoms with van der Waals surface area (Å²) in [7, 11) is 5.83. The van der Waals surface area contributed by atoms with Gasteiger partial charge in [-0.15, -0.1) is 24.0 Å². The van der Waals surface area contributed by atoms with Crippen LogP contribution < -0.4 is 16.0 Å². The molecule has 0 fully saturated rings. The van der Waals surface area contributed by atoms with Gasteiger partial charge in [0, 0.05) is 33.3 Å². The zero-order chi connectivity index (χ0) is 21.1. The fourth-order valence-electron chi connectivity index (χ4n) is 2.24. The average molecular weight is 515 g/mol. The van der Waals surface area contributed by atoms with Crippen LogP contribution in [0, 0.1) is 0 Å². The Morgan fingerprint density at radius 2 is 1.75 bits per heavy atom. The molecule has 0 bridgehead atoms. The summed E-state index contributed by atoms with van der Waals surface area (Å²) in [6.45, 7) is 14.2. The van der Waals surface area contributed by atoms with Gasteiger partial charge in [-0.1, -0.05) is 0 Å². The first kappa shape index (κ1) is 29.4. The lowest BCUT2D eigenvalue weighted by atomic mass is 10.1. The molecule has 168 valence electrons. The van der Waals surface area contributed by atoms with Crippen molar-refractivity contribution in [3.8, 4) is 0 Å². The van der Waals surface area contributed by atoms with Crippen LogP contribution in [-0.2, 0) is 9.47 Å². The lowest BCUT2D eigenvalue weighted by Crippen LogP contribution is -2.54. The predicted octanol–water partition coefficient (Wildman–Crippen LogP) is 2.43. The Kier molecular flexibility index (Phi) is 14.9. The highest BCUT2D eigenvalue weighted by Gasteiger charge is 2.24. The van der Waals surface area contributed by atoms with Crippen molar-refractivity contribution < 1.29 is 14.3 Å². The molecule has 1 amide bonds. The monoisotopic (exact) mass is 515 g/mol. The summed E-state index contributed by atoms with van der Waals surface area (Å²) in [4.78, 5) is 18.4. The van der Waals surface area contributed by atoms with Gasteiger partial charge in [0.25, 0.3) is 0 Å². The number of alkyl carbamates (subject to hydrolysis) is 1. The highest BCUT2D eigenvalue weighted by atomic mass is 127. The summed E-state index contributed by atoms with van der Waals surface area (Å²) in [5.41, 5.74) is -1.02. The van der Waals surface area contributed by atoms with Crippen molar-refractivity contribution >= 4 is 36.0 Å². The maximum Gasteiger partial charge on any atom is 0.408 e. The summed E-state index contributed by atoms with van der Waals surface area (Å²) in [6.07, 6.45) is 0.623. The lowest BCUT2D eigenvalue weighted by molar-refractivity contribution is 0.0474. The molecule has 28 heavy (non-hydrogen) atoms. The maximum atomic E-state index is 12.0. The lowest BCUT2D eigenvalue weighted by Gasteiger charge is -2.29. The van der Waals surface area contributed by atoms with Crippen LogP contribution in [0.2, 0.25) is 0 Å². The Balaban J connectivity index is 0. The molecule has 0 aliphatic heterocycles. The number of carbonyl (C=O) groups excluding carboxylic acids is 1. The molecule has 1 unspecified atom stereocenters. The maximum absolute atomic E-state index is 12.0. The Labute approximate surface area is 188 Å². The molecule has 0 aliphatic carbocycles. The van der Waals surface area contributed by atoms with Crippen LogP contribution in [0.25, 0.3) is 0 Å². The van der Waals surface area contributed by atoms with E-state index in [-0.39, 0.29) is 30.1 Å². The van der Waals surface area contributed by atoms with E-state index in [2.05, 4.69) is 39.9 Å². The SMILES string of the molecule is CCOC(CCN(C)C)CNC(=NC)NCC(C)(C)NC(=O)OC(C)(C)C.I. The highest BCUT2D eigenvalue weighted by Crippen LogP contribution is 2.09. The molecule has 0 aromatic rings. The second kappa shape index (κ2) is 14.2. The van der Waals surface area contributed by atoms with E-state index in [9.17, 15) is 4.79 Å². The smallest absolute Gasteiger partial charge is 0.408 e. The number of hydrogen-bond donors (Lipinski definition) is 3. The molecule has 8 nitrogen and oxygen atoms in total. The third-order valence-electron chi connectivity index (χ3n) is 3.56. The normalized spacial score (nSPS) is 13.6. The average Bonchev–Trinajstić information content (AvgIpc) is 2.49. The molecule has 0 aromatic heterocycles. The van der Waals surface area contributed by atoms with E-state index in [1.807, 2.05) is 41.5 Å².